The van der Waals surface area contributed by atoms with Crippen molar-refractivity contribution >= 4 is 23.0 Å². The van der Waals surface area contributed by atoms with Crippen LogP contribution in [0.2, 0.25) is 5.02 Å². The Hall–Kier alpha value is -1.67. The molecule has 0 saturated carbocycles. The van der Waals surface area contributed by atoms with Gasteiger partial charge in [-0.2, -0.15) is 0 Å². The molecule has 0 aromatic heterocycles. The minimum Gasteiger partial charge on any atom is -0.399 e. The van der Waals surface area contributed by atoms with Gasteiger partial charge >= 0.3 is 0 Å². The summed E-state index contributed by atoms with van der Waals surface area (Å²) in [6, 6.07) is 13.8. The van der Waals surface area contributed by atoms with Crippen molar-refractivity contribution < 1.29 is 0 Å². The number of aryl methyl sites for hydroxylation is 1. The molecule has 0 bridgehead atoms. The Bertz CT molecular complexity index is 523. The van der Waals surface area contributed by atoms with Gasteiger partial charge in [-0.05, 0) is 42.3 Å². The predicted molar refractivity (Wildman–Crippen MR) is 74.4 cm³/mol. The molecule has 2 rings (SSSR count). The second-order valence-electron chi connectivity index (χ2n) is 4.06. The fourth-order valence-electron chi connectivity index (χ4n) is 1.61. The topological polar surface area (TPSA) is 38.0 Å². The SMILES string of the molecule is Cc1ccc(NCc2cccc(N)c2)cc1Cl. The smallest absolute Gasteiger partial charge is 0.0455 e. The zero-order valence-corrected chi connectivity index (χ0v) is 10.5. The van der Waals surface area contributed by atoms with Crippen molar-refractivity contribution in [3.05, 3.63) is 58.6 Å². The van der Waals surface area contributed by atoms with Crippen LogP contribution in [0.1, 0.15) is 11.1 Å². The van der Waals surface area contributed by atoms with Crippen molar-refractivity contribution in [1.82, 2.24) is 0 Å². The van der Waals surface area contributed by atoms with Crippen molar-refractivity contribution in [1.29, 1.82) is 0 Å². The summed E-state index contributed by atoms with van der Waals surface area (Å²) in [6.07, 6.45) is 0. The van der Waals surface area contributed by atoms with Crippen molar-refractivity contribution in [2.24, 2.45) is 0 Å². The minimum atomic E-state index is 0.741. The number of anilines is 2. The van der Waals surface area contributed by atoms with Crippen LogP contribution < -0.4 is 11.1 Å². The van der Waals surface area contributed by atoms with Crippen LogP contribution >= 0.6 is 11.6 Å². The zero-order chi connectivity index (χ0) is 12.3. The van der Waals surface area contributed by atoms with Crippen molar-refractivity contribution in [2.75, 3.05) is 11.1 Å². The van der Waals surface area contributed by atoms with E-state index in [1.807, 2.05) is 49.4 Å². The van der Waals surface area contributed by atoms with Crippen LogP contribution in [-0.2, 0) is 6.54 Å². The summed E-state index contributed by atoms with van der Waals surface area (Å²) >= 11 is 6.06. The second kappa shape index (κ2) is 5.11. The first-order valence-corrected chi connectivity index (χ1v) is 5.87. The molecule has 0 spiro atoms. The van der Waals surface area contributed by atoms with E-state index < -0.39 is 0 Å². The molecule has 0 atom stereocenters. The molecule has 2 nitrogen and oxygen atoms in total. The van der Waals surface area contributed by atoms with Crippen LogP contribution in [0.5, 0.6) is 0 Å². The molecule has 0 unspecified atom stereocenters. The van der Waals surface area contributed by atoms with Crippen LogP contribution in [0.3, 0.4) is 0 Å². The van der Waals surface area contributed by atoms with Gasteiger partial charge in [0.1, 0.15) is 0 Å². The lowest BCUT2D eigenvalue weighted by molar-refractivity contribution is 1.15. The van der Waals surface area contributed by atoms with E-state index in [9.17, 15) is 0 Å². The van der Waals surface area contributed by atoms with Gasteiger partial charge in [0.25, 0.3) is 0 Å². The van der Waals surface area contributed by atoms with Crippen LogP contribution in [0.15, 0.2) is 42.5 Å². The summed E-state index contributed by atoms with van der Waals surface area (Å²) < 4.78 is 0. The Morgan fingerprint density at radius 1 is 1.18 bits per heavy atom. The fraction of sp³-hybridized carbons (Fsp3) is 0.143. The van der Waals surface area contributed by atoms with E-state index in [1.165, 1.54) is 0 Å². The highest BCUT2D eigenvalue weighted by atomic mass is 35.5. The molecular weight excluding hydrogens is 232 g/mol. The molecule has 0 fully saturated rings. The van der Waals surface area contributed by atoms with E-state index in [4.69, 9.17) is 17.3 Å². The van der Waals surface area contributed by atoms with Gasteiger partial charge in [0.05, 0.1) is 0 Å². The predicted octanol–water partition coefficient (Wildman–Crippen LogP) is 3.84. The highest BCUT2D eigenvalue weighted by molar-refractivity contribution is 6.31. The summed E-state index contributed by atoms with van der Waals surface area (Å²) in [7, 11) is 0. The molecule has 0 heterocycles. The number of nitrogen functional groups attached to an aromatic ring is 1. The zero-order valence-electron chi connectivity index (χ0n) is 9.70. The summed E-state index contributed by atoms with van der Waals surface area (Å²) in [6.45, 7) is 2.73. The highest BCUT2D eigenvalue weighted by Gasteiger charge is 1.98. The third-order valence-corrected chi connectivity index (χ3v) is 3.03. The molecule has 0 aliphatic heterocycles. The number of hydrogen-bond acceptors (Lipinski definition) is 2. The molecule has 88 valence electrons. The van der Waals surface area contributed by atoms with E-state index in [-0.39, 0.29) is 0 Å². The molecule has 3 N–H and O–H groups in total. The molecular formula is C14H15ClN2. The van der Waals surface area contributed by atoms with E-state index in [2.05, 4.69) is 5.32 Å². The quantitative estimate of drug-likeness (QED) is 0.808. The Morgan fingerprint density at radius 2 is 2.00 bits per heavy atom. The minimum absolute atomic E-state index is 0.741. The first-order valence-electron chi connectivity index (χ1n) is 5.49. The summed E-state index contributed by atoms with van der Waals surface area (Å²) in [5.41, 5.74) is 9.76. The maximum atomic E-state index is 6.06. The Labute approximate surface area is 106 Å². The number of hydrogen-bond donors (Lipinski definition) is 2. The van der Waals surface area contributed by atoms with E-state index in [0.717, 1.165) is 34.1 Å². The van der Waals surface area contributed by atoms with Crippen LogP contribution in [0, 0.1) is 6.92 Å². The average molecular weight is 247 g/mol. The molecule has 3 heteroatoms. The Kier molecular flexibility index (Phi) is 3.55. The average Bonchev–Trinajstić information content (AvgIpc) is 2.31. The highest BCUT2D eigenvalue weighted by Crippen LogP contribution is 2.20. The third kappa shape index (κ3) is 3.14. The molecule has 0 aliphatic carbocycles. The molecule has 0 saturated heterocycles. The number of rotatable bonds is 3. The van der Waals surface area contributed by atoms with Crippen LogP contribution in [0.4, 0.5) is 11.4 Å². The Balaban J connectivity index is 2.05. The second-order valence-corrected chi connectivity index (χ2v) is 4.47. The summed E-state index contributed by atoms with van der Waals surface area (Å²) in [5, 5.41) is 4.10. The first kappa shape index (κ1) is 11.8. The van der Waals surface area contributed by atoms with Gasteiger partial charge in [0, 0.05) is 22.9 Å². The molecule has 2 aromatic carbocycles. The van der Waals surface area contributed by atoms with Gasteiger partial charge in [-0.15, -0.1) is 0 Å². The fourth-order valence-corrected chi connectivity index (χ4v) is 1.79. The lowest BCUT2D eigenvalue weighted by Crippen LogP contribution is -2.00. The van der Waals surface area contributed by atoms with Gasteiger partial charge in [0.15, 0.2) is 0 Å². The lowest BCUT2D eigenvalue weighted by Gasteiger charge is -2.08. The maximum Gasteiger partial charge on any atom is 0.0455 e. The van der Waals surface area contributed by atoms with Gasteiger partial charge in [-0.3, -0.25) is 0 Å². The van der Waals surface area contributed by atoms with E-state index in [0.29, 0.717) is 0 Å². The van der Waals surface area contributed by atoms with Crippen molar-refractivity contribution in [3.8, 4) is 0 Å². The Morgan fingerprint density at radius 3 is 2.71 bits per heavy atom. The van der Waals surface area contributed by atoms with E-state index in [1.54, 1.807) is 0 Å². The third-order valence-electron chi connectivity index (χ3n) is 2.62. The summed E-state index contributed by atoms with van der Waals surface area (Å²) in [4.78, 5) is 0. The van der Waals surface area contributed by atoms with Crippen LogP contribution in [0.25, 0.3) is 0 Å². The first-order chi connectivity index (χ1) is 8.15. The number of nitrogens with two attached hydrogens (primary N) is 1. The molecule has 2 aromatic rings. The lowest BCUT2D eigenvalue weighted by atomic mass is 10.2. The standard InChI is InChI=1S/C14H15ClN2/c1-10-5-6-13(8-14(10)15)17-9-11-3-2-4-12(16)7-11/h2-8,17H,9,16H2,1H3. The monoisotopic (exact) mass is 246 g/mol. The molecule has 0 aliphatic rings. The molecule has 0 amide bonds. The van der Waals surface area contributed by atoms with Crippen molar-refractivity contribution in [3.63, 3.8) is 0 Å². The van der Waals surface area contributed by atoms with Crippen molar-refractivity contribution in [2.45, 2.75) is 13.5 Å². The number of nitrogens with one attached hydrogen (secondary N) is 1. The molecule has 0 radical (unpaired) electrons. The summed E-state index contributed by atoms with van der Waals surface area (Å²) in [5.74, 6) is 0. The van der Waals surface area contributed by atoms with Gasteiger partial charge < -0.3 is 11.1 Å². The number of benzene rings is 2. The largest absolute Gasteiger partial charge is 0.399 e. The van der Waals surface area contributed by atoms with Gasteiger partial charge in [0.2, 0.25) is 0 Å². The normalized spacial score (nSPS) is 10.2. The van der Waals surface area contributed by atoms with Gasteiger partial charge in [-0.1, -0.05) is 29.8 Å². The van der Waals surface area contributed by atoms with E-state index >= 15 is 0 Å². The molecule has 17 heavy (non-hydrogen) atoms. The number of halogens is 1. The van der Waals surface area contributed by atoms with Crippen LogP contribution in [-0.4, -0.2) is 0 Å². The van der Waals surface area contributed by atoms with Gasteiger partial charge in [-0.25, -0.2) is 0 Å². The maximum absolute atomic E-state index is 6.06.